The highest BCUT2D eigenvalue weighted by Crippen LogP contribution is 2.25. The van der Waals surface area contributed by atoms with Crippen molar-refractivity contribution in [2.75, 3.05) is 31.1 Å². The normalized spacial score (nSPS) is 16.4. The van der Waals surface area contributed by atoms with Crippen LogP contribution in [0.5, 0.6) is 0 Å². The van der Waals surface area contributed by atoms with Crippen molar-refractivity contribution in [1.82, 2.24) is 19.9 Å². The Kier molecular flexibility index (Phi) is 3.38. The van der Waals surface area contributed by atoms with Crippen LogP contribution in [0, 0.1) is 13.8 Å². The average Bonchev–Trinajstić information content (AvgIpc) is 2.84. The van der Waals surface area contributed by atoms with E-state index in [0.29, 0.717) is 5.92 Å². The lowest BCUT2D eigenvalue weighted by molar-refractivity contribution is 0.577. The zero-order valence-corrected chi connectivity index (χ0v) is 12.8. The third kappa shape index (κ3) is 2.16. The Labute approximate surface area is 120 Å². The lowest BCUT2D eigenvalue weighted by Gasteiger charge is -2.31. The van der Waals surface area contributed by atoms with E-state index in [2.05, 4.69) is 44.0 Å². The Hall–Kier alpha value is -1.62. The summed E-state index contributed by atoms with van der Waals surface area (Å²) in [5, 5.41) is 8.18. The van der Waals surface area contributed by atoms with Crippen molar-refractivity contribution in [2.24, 2.45) is 0 Å². The van der Waals surface area contributed by atoms with Crippen LogP contribution >= 0.6 is 0 Å². The molecule has 0 saturated carbocycles. The van der Waals surface area contributed by atoms with Crippen LogP contribution in [-0.4, -0.2) is 40.8 Å². The van der Waals surface area contributed by atoms with Gasteiger partial charge < -0.3 is 10.2 Å². The van der Waals surface area contributed by atoms with Crippen LogP contribution in [0.4, 0.5) is 5.82 Å². The Morgan fingerprint density at radius 1 is 1.20 bits per heavy atom. The molecule has 2 aromatic heterocycles. The zero-order chi connectivity index (χ0) is 14.3. The van der Waals surface area contributed by atoms with Gasteiger partial charge in [0.05, 0.1) is 5.69 Å². The van der Waals surface area contributed by atoms with Crippen LogP contribution < -0.4 is 10.2 Å². The van der Waals surface area contributed by atoms with Crippen LogP contribution in [0.1, 0.15) is 36.7 Å². The van der Waals surface area contributed by atoms with Gasteiger partial charge in [-0.15, -0.1) is 0 Å². The SMILES string of the molecule is Cc1nc2cc(C(C)C)nn2c(N2CCNCC2)c1C. The molecule has 108 valence electrons. The summed E-state index contributed by atoms with van der Waals surface area (Å²) >= 11 is 0. The number of hydrogen-bond acceptors (Lipinski definition) is 4. The van der Waals surface area contributed by atoms with Crippen molar-refractivity contribution in [3.8, 4) is 0 Å². The topological polar surface area (TPSA) is 45.5 Å². The third-order valence-electron chi connectivity index (χ3n) is 4.08. The average molecular weight is 273 g/mol. The van der Waals surface area contributed by atoms with Crippen molar-refractivity contribution < 1.29 is 0 Å². The first-order chi connectivity index (χ1) is 9.58. The standard InChI is InChI=1S/C15H23N5/c1-10(2)13-9-14-17-12(4)11(3)15(20(14)18-13)19-7-5-16-6-8-19/h9-10,16H,5-8H2,1-4H3. The molecule has 0 spiro atoms. The highest BCUT2D eigenvalue weighted by Gasteiger charge is 2.20. The second-order valence-corrected chi connectivity index (χ2v) is 5.88. The number of piperazine rings is 1. The number of nitrogens with one attached hydrogen (secondary N) is 1. The van der Waals surface area contributed by atoms with E-state index >= 15 is 0 Å². The molecule has 0 aromatic carbocycles. The predicted molar refractivity (Wildman–Crippen MR) is 81.6 cm³/mol. The quantitative estimate of drug-likeness (QED) is 0.907. The molecule has 2 aromatic rings. The highest BCUT2D eigenvalue weighted by molar-refractivity contribution is 5.57. The first-order valence-corrected chi connectivity index (χ1v) is 7.40. The monoisotopic (exact) mass is 273 g/mol. The van der Waals surface area contributed by atoms with E-state index in [4.69, 9.17) is 10.1 Å². The Balaban J connectivity index is 2.18. The van der Waals surface area contributed by atoms with Crippen molar-refractivity contribution >= 4 is 11.5 Å². The van der Waals surface area contributed by atoms with Crippen molar-refractivity contribution in [3.05, 3.63) is 23.0 Å². The summed E-state index contributed by atoms with van der Waals surface area (Å²) in [4.78, 5) is 7.11. The number of fused-ring (bicyclic) bond motifs is 1. The Morgan fingerprint density at radius 3 is 2.55 bits per heavy atom. The highest BCUT2D eigenvalue weighted by atomic mass is 15.4. The number of rotatable bonds is 2. The molecule has 5 nitrogen and oxygen atoms in total. The maximum atomic E-state index is 4.78. The van der Waals surface area contributed by atoms with Gasteiger partial charge in [0.15, 0.2) is 5.65 Å². The summed E-state index contributed by atoms with van der Waals surface area (Å²) in [6.45, 7) is 12.7. The summed E-state index contributed by atoms with van der Waals surface area (Å²) in [6.07, 6.45) is 0. The largest absolute Gasteiger partial charge is 0.354 e. The second kappa shape index (κ2) is 5.05. The molecule has 20 heavy (non-hydrogen) atoms. The molecular weight excluding hydrogens is 250 g/mol. The molecule has 0 unspecified atom stereocenters. The van der Waals surface area contributed by atoms with Crippen LogP contribution in [0.15, 0.2) is 6.07 Å². The molecule has 5 heteroatoms. The lowest BCUT2D eigenvalue weighted by Crippen LogP contribution is -2.44. The minimum Gasteiger partial charge on any atom is -0.354 e. The van der Waals surface area contributed by atoms with E-state index in [1.807, 2.05) is 4.52 Å². The Bertz CT molecular complexity index is 623. The molecule has 1 saturated heterocycles. The van der Waals surface area contributed by atoms with Crippen LogP contribution in [0.25, 0.3) is 5.65 Å². The summed E-state index contributed by atoms with van der Waals surface area (Å²) in [5.41, 5.74) is 4.41. The van der Waals surface area contributed by atoms with Gasteiger partial charge in [-0.05, 0) is 19.8 Å². The van der Waals surface area contributed by atoms with E-state index in [1.54, 1.807) is 0 Å². The molecule has 1 N–H and O–H groups in total. The number of anilines is 1. The van der Waals surface area contributed by atoms with E-state index in [-0.39, 0.29) is 0 Å². The maximum Gasteiger partial charge on any atom is 0.157 e. The predicted octanol–water partition coefficient (Wildman–Crippen LogP) is 1.88. The molecule has 0 bridgehead atoms. The van der Waals surface area contributed by atoms with Gasteiger partial charge in [-0.2, -0.15) is 9.61 Å². The molecule has 0 amide bonds. The van der Waals surface area contributed by atoms with Gasteiger partial charge in [0.25, 0.3) is 0 Å². The van der Waals surface area contributed by atoms with E-state index in [1.165, 1.54) is 11.4 Å². The number of aromatic nitrogens is 3. The molecule has 1 aliphatic heterocycles. The van der Waals surface area contributed by atoms with Gasteiger partial charge in [-0.3, -0.25) is 0 Å². The van der Waals surface area contributed by atoms with Crippen molar-refractivity contribution in [2.45, 2.75) is 33.6 Å². The van der Waals surface area contributed by atoms with Gasteiger partial charge in [0.1, 0.15) is 5.82 Å². The minimum atomic E-state index is 0.424. The summed E-state index contributed by atoms with van der Waals surface area (Å²) < 4.78 is 2.03. The molecule has 0 aliphatic carbocycles. The van der Waals surface area contributed by atoms with Gasteiger partial charge >= 0.3 is 0 Å². The van der Waals surface area contributed by atoms with Gasteiger partial charge in [0.2, 0.25) is 0 Å². The summed E-state index contributed by atoms with van der Waals surface area (Å²) in [7, 11) is 0. The van der Waals surface area contributed by atoms with E-state index in [9.17, 15) is 0 Å². The molecule has 1 aliphatic rings. The van der Waals surface area contributed by atoms with Crippen molar-refractivity contribution in [3.63, 3.8) is 0 Å². The van der Waals surface area contributed by atoms with Crippen molar-refractivity contribution in [1.29, 1.82) is 0 Å². The maximum absolute atomic E-state index is 4.78. The number of nitrogens with zero attached hydrogens (tertiary/aromatic N) is 4. The van der Waals surface area contributed by atoms with Crippen LogP contribution in [-0.2, 0) is 0 Å². The smallest absolute Gasteiger partial charge is 0.157 e. The van der Waals surface area contributed by atoms with Crippen LogP contribution in [0.2, 0.25) is 0 Å². The first kappa shape index (κ1) is 13.4. The Morgan fingerprint density at radius 2 is 1.90 bits per heavy atom. The van der Waals surface area contributed by atoms with Gasteiger partial charge in [0, 0.05) is 43.5 Å². The molecule has 1 fully saturated rings. The summed E-state index contributed by atoms with van der Waals surface area (Å²) in [5.74, 6) is 1.63. The summed E-state index contributed by atoms with van der Waals surface area (Å²) in [6, 6.07) is 2.11. The third-order valence-corrected chi connectivity index (χ3v) is 4.08. The fraction of sp³-hybridized carbons (Fsp3) is 0.600. The first-order valence-electron chi connectivity index (χ1n) is 7.40. The van der Waals surface area contributed by atoms with Gasteiger partial charge in [-0.1, -0.05) is 13.8 Å². The molecule has 3 heterocycles. The molecule has 0 radical (unpaired) electrons. The molecule has 3 rings (SSSR count). The zero-order valence-electron chi connectivity index (χ0n) is 12.8. The second-order valence-electron chi connectivity index (χ2n) is 5.88. The van der Waals surface area contributed by atoms with Gasteiger partial charge in [-0.25, -0.2) is 4.98 Å². The number of hydrogen-bond donors (Lipinski definition) is 1. The molecular formula is C15H23N5. The fourth-order valence-electron chi connectivity index (χ4n) is 2.73. The fourth-order valence-corrected chi connectivity index (χ4v) is 2.73. The van der Waals surface area contributed by atoms with E-state index < -0.39 is 0 Å². The number of aryl methyl sites for hydroxylation is 1. The van der Waals surface area contributed by atoms with E-state index in [0.717, 1.165) is 43.2 Å². The minimum absolute atomic E-state index is 0.424. The lowest BCUT2D eigenvalue weighted by atomic mass is 10.1. The van der Waals surface area contributed by atoms with Crippen LogP contribution in [0.3, 0.4) is 0 Å². The molecule has 0 atom stereocenters.